The Labute approximate surface area is 149 Å². The maximum atomic E-state index is 13.5. The summed E-state index contributed by atoms with van der Waals surface area (Å²) in [5.74, 6) is -0.387. The summed E-state index contributed by atoms with van der Waals surface area (Å²) in [5.41, 5.74) is 1.73. The first-order valence-electron chi connectivity index (χ1n) is 7.76. The zero-order chi connectivity index (χ0) is 18.4. The number of anilines is 2. The fourth-order valence-corrected chi connectivity index (χ4v) is 2.23. The van der Waals surface area contributed by atoms with Gasteiger partial charge in [-0.15, -0.1) is 0 Å². The van der Waals surface area contributed by atoms with Crippen molar-refractivity contribution in [2.24, 2.45) is 0 Å². The number of benzene rings is 2. The van der Waals surface area contributed by atoms with Gasteiger partial charge in [-0.2, -0.15) is 5.26 Å². The number of carbonyl (C=O) groups excluding carboxylic acids is 1. The standard InChI is InChI=1S/C19H14FN5O/c20-16-7-2-1-5-14(16)10-24-19(26)17-11-23-18(12-22-17)25-15-6-3-4-13(8-15)9-21/h1-8,11-12H,10H2,(H,23,25)(H,24,26). The highest BCUT2D eigenvalue weighted by molar-refractivity contribution is 5.92. The fourth-order valence-electron chi connectivity index (χ4n) is 2.23. The molecule has 0 aliphatic carbocycles. The maximum absolute atomic E-state index is 13.5. The molecule has 0 saturated heterocycles. The van der Waals surface area contributed by atoms with Crippen molar-refractivity contribution in [1.82, 2.24) is 15.3 Å². The molecule has 0 spiro atoms. The van der Waals surface area contributed by atoms with Gasteiger partial charge in [-0.3, -0.25) is 4.79 Å². The smallest absolute Gasteiger partial charge is 0.271 e. The number of hydrogen-bond donors (Lipinski definition) is 2. The summed E-state index contributed by atoms with van der Waals surface area (Å²) in [5, 5.41) is 14.5. The van der Waals surface area contributed by atoms with E-state index in [1.165, 1.54) is 18.5 Å². The molecule has 6 nitrogen and oxygen atoms in total. The molecule has 7 heteroatoms. The van der Waals surface area contributed by atoms with Crippen LogP contribution >= 0.6 is 0 Å². The van der Waals surface area contributed by atoms with Crippen LogP contribution in [0.25, 0.3) is 0 Å². The molecule has 0 aliphatic rings. The van der Waals surface area contributed by atoms with Crippen LogP contribution in [0.3, 0.4) is 0 Å². The van der Waals surface area contributed by atoms with E-state index in [1.54, 1.807) is 42.5 Å². The van der Waals surface area contributed by atoms with Crippen molar-refractivity contribution in [3.05, 3.63) is 83.6 Å². The van der Waals surface area contributed by atoms with Crippen molar-refractivity contribution in [2.45, 2.75) is 6.54 Å². The monoisotopic (exact) mass is 347 g/mol. The summed E-state index contributed by atoms with van der Waals surface area (Å²) in [6.07, 6.45) is 2.74. The number of amides is 1. The lowest BCUT2D eigenvalue weighted by Crippen LogP contribution is -2.24. The largest absolute Gasteiger partial charge is 0.346 e. The molecule has 26 heavy (non-hydrogen) atoms. The van der Waals surface area contributed by atoms with Crippen LogP contribution < -0.4 is 10.6 Å². The van der Waals surface area contributed by atoms with Gasteiger partial charge in [-0.1, -0.05) is 24.3 Å². The van der Waals surface area contributed by atoms with E-state index >= 15 is 0 Å². The van der Waals surface area contributed by atoms with Crippen LogP contribution in [0.5, 0.6) is 0 Å². The van der Waals surface area contributed by atoms with Crippen LogP contribution in [0, 0.1) is 17.1 Å². The quantitative estimate of drug-likeness (QED) is 0.740. The van der Waals surface area contributed by atoms with Gasteiger partial charge in [0, 0.05) is 17.8 Å². The lowest BCUT2D eigenvalue weighted by atomic mass is 10.2. The van der Waals surface area contributed by atoms with Gasteiger partial charge in [0.1, 0.15) is 17.3 Å². The third-order valence-corrected chi connectivity index (χ3v) is 3.55. The molecule has 0 aliphatic heterocycles. The van der Waals surface area contributed by atoms with Gasteiger partial charge in [-0.25, -0.2) is 14.4 Å². The molecule has 0 radical (unpaired) electrons. The first-order valence-corrected chi connectivity index (χ1v) is 7.76. The second kappa shape index (κ2) is 7.85. The van der Waals surface area contributed by atoms with Crippen LogP contribution in [0.1, 0.15) is 21.6 Å². The number of hydrogen-bond acceptors (Lipinski definition) is 5. The summed E-state index contributed by atoms with van der Waals surface area (Å²) >= 11 is 0. The molecular formula is C19H14FN5O. The minimum atomic E-state index is -0.446. The summed E-state index contributed by atoms with van der Waals surface area (Å²) in [6.45, 7) is 0.0636. The van der Waals surface area contributed by atoms with Gasteiger partial charge in [0.15, 0.2) is 0 Å². The first-order chi connectivity index (χ1) is 12.7. The third-order valence-electron chi connectivity index (χ3n) is 3.55. The Bertz CT molecular complexity index is 966. The Balaban J connectivity index is 1.62. The average Bonchev–Trinajstić information content (AvgIpc) is 2.68. The Morgan fingerprint density at radius 3 is 2.69 bits per heavy atom. The molecule has 3 rings (SSSR count). The number of halogens is 1. The Kier molecular flexibility index (Phi) is 5.15. The lowest BCUT2D eigenvalue weighted by molar-refractivity contribution is 0.0945. The van der Waals surface area contributed by atoms with E-state index in [4.69, 9.17) is 5.26 Å². The second-order valence-corrected chi connectivity index (χ2v) is 5.38. The van der Waals surface area contributed by atoms with Crippen molar-refractivity contribution in [3.63, 3.8) is 0 Å². The highest BCUT2D eigenvalue weighted by Crippen LogP contribution is 2.15. The molecule has 128 valence electrons. The molecule has 0 bridgehead atoms. The molecule has 1 heterocycles. The van der Waals surface area contributed by atoms with Crippen molar-refractivity contribution >= 4 is 17.4 Å². The van der Waals surface area contributed by atoms with Crippen LogP contribution in [-0.2, 0) is 6.54 Å². The number of nitrogens with one attached hydrogen (secondary N) is 2. The van der Waals surface area contributed by atoms with Gasteiger partial charge in [0.25, 0.3) is 5.91 Å². The van der Waals surface area contributed by atoms with E-state index in [2.05, 4.69) is 26.7 Å². The summed E-state index contributed by atoms with van der Waals surface area (Å²) in [6, 6.07) is 15.2. The van der Waals surface area contributed by atoms with Gasteiger partial charge in [0.2, 0.25) is 0 Å². The van der Waals surface area contributed by atoms with Crippen molar-refractivity contribution in [1.29, 1.82) is 5.26 Å². The fraction of sp³-hybridized carbons (Fsp3) is 0.0526. The van der Waals surface area contributed by atoms with E-state index in [0.717, 1.165) is 0 Å². The molecule has 0 atom stereocenters. The van der Waals surface area contributed by atoms with Crippen molar-refractivity contribution < 1.29 is 9.18 Å². The normalized spacial score (nSPS) is 10.0. The van der Waals surface area contributed by atoms with Crippen molar-refractivity contribution in [3.8, 4) is 6.07 Å². The summed E-state index contributed by atoms with van der Waals surface area (Å²) in [7, 11) is 0. The molecule has 0 saturated carbocycles. The van der Waals surface area contributed by atoms with E-state index in [-0.39, 0.29) is 18.1 Å². The number of nitriles is 1. The Morgan fingerprint density at radius 1 is 1.12 bits per heavy atom. The second-order valence-electron chi connectivity index (χ2n) is 5.38. The summed E-state index contributed by atoms with van der Waals surface area (Å²) in [4.78, 5) is 20.3. The number of aromatic nitrogens is 2. The number of rotatable bonds is 5. The predicted octanol–water partition coefficient (Wildman–Crippen LogP) is 3.16. The van der Waals surface area contributed by atoms with Crippen LogP contribution in [0.15, 0.2) is 60.9 Å². The lowest BCUT2D eigenvalue weighted by Gasteiger charge is -2.07. The molecule has 2 aromatic carbocycles. The van der Waals surface area contributed by atoms with E-state index in [9.17, 15) is 9.18 Å². The number of nitrogens with zero attached hydrogens (tertiary/aromatic N) is 3. The maximum Gasteiger partial charge on any atom is 0.271 e. The van der Waals surface area contributed by atoms with Crippen LogP contribution in [-0.4, -0.2) is 15.9 Å². The highest BCUT2D eigenvalue weighted by atomic mass is 19.1. The topological polar surface area (TPSA) is 90.7 Å². The molecule has 1 amide bonds. The SMILES string of the molecule is N#Cc1cccc(Nc2cnc(C(=O)NCc3ccccc3F)cn2)c1. The van der Waals surface area contributed by atoms with E-state index < -0.39 is 5.91 Å². The average molecular weight is 347 g/mol. The number of carbonyl (C=O) groups is 1. The minimum absolute atomic E-state index is 0.0636. The van der Waals surface area contributed by atoms with Crippen LogP contribution in [0.4, 0.5) is 15.9 Å². The molecule has 0 fully saturated rings. The van der Waals surface area contributed by atoms with Crippen molar-refractivity contribution in [2.75, 3.05) is 5.32 Å². The van der Waals surface area contributed by atoms with Gasteiger partial charge < -0.3 is 10.6 Å². The molecular weight excluding hydrogens is 333 g/mol. The molecule has 1 aromatic heterocycles. The molecule has 3 aromatic rings. The van der Waals surface area contributed by atoms with Gasteiger partial charge >= 0.3 is 0 Å². The predicted molar refractivity (Wildman–Crippen MR) is 94.0 cm³/mol. The van der Waals surface area contributed by atoms with E-state index in [0.29, 0.717) is 22.6 Å². The first kappa shape index (κ1) is 17.0. The Hall–Kier alpha value is -3.79. The highest BCUT2D eigenvalue weighted by Gasteiger charge is 2.09. The molecule has 0 unspecified atom stereocenters. The zero-order valence-corrected chi connectivity index (χ0v) is 13.6. The Morgan fingerprint density at radius 2 is 1.96 bits per heavy atom. The van der Waals surface area contributed by atoms with Crippen LogP contribution in [0.2, 0.25) is 0 Å². The van der Waals surface area contributed by atoms with Gasteiger partial charge in [0.05, 0.1) is 24.0 Å². The third kappa shape index (κ3) is 4.19. The summed E-state index contributed by atoms with van der Waals surface area (Å²) < 4.78 is 13.5. The molecule has 2 N–H and O–H groups in total. The van der Waals surface area contributed by atoms with E-state index in [1.807, 2.05) is 0 Å². The minimum Gasteiger partial charge on any atom is -0.346 e. The zero-order valence-electron chi connectivity index (χ0n) is 13.6. The van der Waals surface area contributed by atoms with Gasteiger partial charge in [-0.05, 0) is 24.3 Å².